The van der Waals surface area contributed by atoms with E-state index in [1.165, 1.54) is 6.07 Å². The van der Waals surface area contributed by atoms with Crippen molar-refractivity contribution in [1.82, 2.24) is 0 Å². The van der Waals surface area contributed by atoms with Gasteiger partial charge < -0.3 is 14.9 Å². The molecule has 0 fully saturated rings. The Morgan fingerprint density at radius 2 is 2.21 bits per heavy atom. The molecule has 0 aliphatic heterocycles. The van der Waals surface area contributed by atoms with Crippen molar-refractivity contribution in [2.75, 3.05) is 6.61 Å². The van der Waals surface area contributed by atoms with Crippen molar-refractivity contribution in [2.24, 2.45) is 0 Å². The summed E-state index contributed by atoms with van der Waals surface area (Å²) in [6, 6.07) is 4.67. The zero-order valence-electron chi connectivity index (χ0n) is 7.86. The Kier molecular flexibility index (Phi) is 3.48. The molecule has 0 atom stereocenters. The Bertz CT molecular complexity index is 333. The molecular weight excluding hydrogens is 184 g/mol. The van der Waals surface area contributed by atoms with Crippen LogP contribution in [0.15, 0.2) is 18.2 Å². The lowest BCUT2D eigenvalue weighted by molar-refractivity contribution is 0.0692. The van der Waals surface area contributed by atoms with Crippen LogP contribution in [0.1, 0.15) is 22.8 Å². The smallest absolute Gasteiger partial charge is 0.336 e. The number of aliphatic hydroxyl groups excluding tert-OH is 1. The molecule has 14 heavy (non-hydrogen) atoms. The number of benzene rings is 1. The van der Waals surface area contributed by atoms with Crippen molar-refractivity contribution >= 4 is 5.97 Å². The zero-order valence-corrected chi connectivity index (χ0v) is 7.86. The molecule has 2 N–H and O–H groups in total. The summed E-state index contributed by atoms with van der Waals surface area (Å²) in [6.07, 6.45) is 0. The van der Waals surface area contributed by atoms with E-state index in [9.17, 15) is 4.79 Å². The van der Waals surface area contributed by atoms with E-state index >= 15 is 0 Å². The molecule has 1 rings (SSSR count). The van der Waals surface area contributed by atoms with E-state index in [4.69, 9.17) is 14.9 Å². The van der Waals surface area contributed by atoms with Gasteiger partial charge in [0, 0.05) is 5.56 Å². The van der Waals surface area contributed by atoms with Gasteiger partial charge in [0.1, 0.15) is 5.75 Å². The molecule has 0 saturated carbocycles. The summed E-state index contributed by atoms with van der Waals surface area (Å²) in [4.78, 5) is 10.8. The molecular formula is C10H12O4. The highest BCUT2D eigenvalue weighted by atomic mass is 16.5. The summed E-state index contributed by atoms with van der Waals surface area (Å²) in [5.74, 6) is -0.634. The second-order valence-corrected chi connectivity index (χ2v) is 2.68. The van der Waals surface area contributed by atoms with Crippen LogP contribution < -0.4 is 4.74 Å². The highest BCUT2D eigenvalue weighted by Gasteiger charge is 2.13. The fraction of sp³-hybridized carbons (Fsp3) is 0.300. The molecule has 0 aliphatic carbocycles. The number of carboxylic acid groups (broad SMARTS) is 1. The maximum absolute atomic E-state index is 10.8. The van der Waals surface area contributed by atoms with Crippen LogP contribution in [0.5, 0.6) is 5.75 Å². The average Bonchev–Trinajstić information content (AvgIpc) is 2.18. The summed E-state index contributed by atoms with van der Waals surface area (Å²) in [5.41, 5.74) is 0.403. The van der Waals surface area contributed by atoms with E-state index in [1.807, 2.05) is 0 Å². The second-order valence-electron chi connectivity index (χ2n) is 2.68. The molecule has 0 spiro atoms. The maximum atomic E-state index is 10.8. The van der Waals surface area contributed by atoms with Gasteiger partial charge in [-0.2, -0.15) is 0 Å². The van der Waals surface area contributed by atoms with E-state index in [1.54, 1.807) is 19.1 Å². The van der Waals surface area contributed by atoms with Crippen LogP contribution in [0.25, 0.3) is 0 Å². The number of carboxylic acids is 1. The lowest BCUT2D eigenvalue weighted by Gasteiger charge is -2.10. The molecule has 4 heteroatoms. The highest BCUT2D eigenvalue weighted by molar-refractivity contribution is 5.90. The van der Waals surface area contributed by atoms with Crippen molar-refractivity contribution in [3.63, 3.8) is 0 Å². The molecule has 0 heterocycles. The fourth-order valence-corrected chi connectivity index (χ4v) is 1.22. The predicted octanol–water partition coefficient (Wildman–Crippen LogP) is 1.28. The number of ether oxygens (including phenoxy) is 1. The molecule has 1 aromatic carbocycles. The van der Waals surface area contributed by atoms with E-state index in [2.05, 4.69) is 0 Å². The topological polar surface area (TPSA) is 66.8 Å². The Morgan fingerprint density at radius 1 is 1.50 bits per heavy atom. The lowest BCUT2D eigenvalue weighted by atomic mass is 10.1. The quantitative estimate of drug-likeness (QED) is 0.761. The van der Waals surface area contributed by atoms with Crippen LogP contribution in [0, 0.1) is 0 Å². The van der Waals surface area contributed by atoms with Crippen molar-refractivity contribution in [2.45, 2.75) is 13.5 Å². The minimum absolute atomic E-state index is 0.0819. The third-order valence-electron chi connectivity index (χ3n) is 1.82. The van der Waals surface area contributed by atoms with Crippen LogP contribution in [0.4, 0.5) is 0 Å². The van der Waals surface area contributed by atoms with Gasteiger partial charge in [0.25, 0.3) is 0 Å². The van der Waals surface area contributed by atoms with Crippen LogP contribution in [-0.2, 0) is 6.61 Å². The summed E-state index contributed by atoms with van der Waals surface area (Å²) >= 11 is 0. The van der Waals surface area contributed by atoms with Crippen molar-refractivity contribution in [1.29, 1.82) is 0 Å². The number of rotatable bonds is 4. The number of hydrogen-bond acceptors (Lipinski definition) is 3. The van der Waals surface area contributed by atoms with Crippen molar-refractivity contribution in [3.8, 4) is 5.75 Å². The molecule has 0 radical (unpaired) electrons. The van der Waals surface area contributed by atoms with Crippen molar-refractivity contribution in [3.05, 3.63) is 29.3 Å². The van der Waals surface area contributed by atoms with Gasteiger partial charge in [-0.05, 0) is 19.1 Å². The molecule has 1 aromatic rings. The Balaban J connectivity index is 3.17. The van der Waals surface area contributed by atoms with E-state index in [-0.39, 0.29) is 12.2 Å². The molecule has 0 aromatic heterocycles. The van der Waals surface area contributed by atoms with E-state index in [0.717, 1.165) is 0 Å². The first kappa shape index (κ1) is 10.5. The third-order valence-corrected chi connectivity index (χ3v) is 1.82. The lowest BCUT2D eigenvalue weighted by Crippen LogP contribution is -2.05. The Labute approximate surface area is 81.8 Å². The summed E-state index contributed by atoms with van der Waals surface area (Å²) in [6.45, 7) is 1.91. The summed E-state index contributed by atoms with van der Waals surface area (Å²) in [5, 5.41) is 17.9. The van der Waals surface area contributed by atoms with E-state index < -0.39 is 5.97 Å². The normalized spacial score (nSPS) is 9.86. The van der Waals surface area contributed by atoms with Gasteiger partial charge in [0.2, 0.25) is 0 Å². The molecule has 0 bridgehead atoms. The summed E-state index contributed by atoms with van der Waals surface area (Å²) in [7, 11) is 0. The fourth-order valence-electron chi connectivity index (χ4n) is 1.22. The Hall–Kier alpha value is -1.55. The zero-order chi connectivity index (χ0) is 10.6. The van der Waals surface area contributed by atoms with Gasteiger partial charge >= 0.3 is 5.97 Å². The maximum Gasteiger partial charge on any atom is 0.336 e. The van der Waals surface area contributed by atoms with Gasteiger partial charge in [-0.25, -0.2) is 4.79 Å². The first-order valence-corrected chi connectivity index (χ1v) is 4.29. The van der Waals surface area contributed by atoms with Gasteiger partial charge in [-0.3, -0.25) is 0 Å². The largest absolute Gasteiger partial charge is 0.493 e. The Morgan fingerprint density at radius 3 is 2.71 bits per heavy atom. The molecule has 0 unspecified atom stereocenters. The molecule has 0 amide bonds. The molecule has 76 valence electrons. The number of aliphatic hydroxyl groups is 1. The molecule has 4 nitrogen and oxygen atoms in total. The SMILES string of the molecule is CCOc1cccc(C(=O)O)c1CO. The molecule has 0 saturated heterocycles. The van der Waals surface area contributed by atoms with Crippen LogP contribution in [0.3, 0.4) is 0 Å². The van der Waals surface area contributed by atoms with Gasteiger partial charge in [-0.15, -0.1) is 0 Å². The minimum atomic E-state index is -1.06. The number of carbonyl (C=O) groups is 1. The van der Waals surface area contributed by atoms with Crippen LogP contribution in [0.2, 0.25) is 0 Å². The molecule has 0 aliphatic rings. The average molecular weight is 196 g/mol. The monoisotopic (exact) mass is 196 g/mol. The first-order chi connectivity index (χ1) is 6.70. The van der Waals surface area contributed by atoms with Crippen LogP contribution in [-0.4, -0.2) is 22.8 Å². The third kappa shape index (κ3) is 2.03. The number of hydrogen-bond donors (Lipinski definition) is 2. The predicted molar refractivity (Wildman–Crippen MR) is 50.5 cm³/mol. The first-order valence-electron chi connectivity index (χ1n) is 4.29. The standard InChI is InChI=1S/C10H12O4/c1-2-14-9-5-3-4-7(10(12)13)8(9)6-11/h3-5,11H,2,6H2,1H3,(H,12,13). The highest BCUT2D eigenvalue weighted by Crippen LogP contribution is 2.22. The van der Waals surface area contributed by atoms with Crippen molar-refractivity contribution < 1.29 is 19.7 Å². The van der Waals surface area contributed by atoms with Gasteiger partial charge in [0.05, 0.1) is 18.8 Å². The van der Waals surface area contributed by atoms with Gasteiger partial charge in [-0.1, -0.05) is 6.07 Å². The summed E-state index contributed by atoms with van der Waals surface area (Å²) < 4.78 is 5.20. The second kappa shape index (κ2) is 4.62. The number of aromatic carboxylic acids is 1. The van der Waals surface area contributed by atoms with E-state index in [0.29, 0.717) is 17.9 Å². The van der Waals surface area contributed by atoms with Crippen LogP contribution >= 0.6 is 0 Å². The van der Waals surface area contributed by atoms with Gasteiger partial charge in [0.15, 0.2) is 0 Å². The minimum Gasteiger partial charge on any atom is -0.493 e.